The molecule has 0 aromatic carbocycles. The summed E-state index contributed by atoms with van der Waals surface area (Å²) in [4.78, 5) is 6.21. The molecule has 0 aliphatic heterocycles. The van der Waals surface area contributed by atoms with Gasteiger partial charge in [-0.05, 0) is 13.8 Å². The SMILES string of the molecule is CCOc1cc(OCC)nc([NH+]([O-])C(F)(F)C(F)(F)C(F)(F)C(F)F)n1. The van der Waals surface area contributed by atoms with Crippen LogP contribution < -0.4 is 14.5 Å². The summed E-state index contributed by atoms with van der Waals surface area (Å²) in [6.45, 7) is 2.67. The summed E-state index contributed by atoms with van der Waals surface area (Å²) < 4.78 is 114. The zero-order chi connectivity index (χ0) is 20.3. The molecule has 1 rings (SSSR count). The third-order valence-electron chi connectivity index (χ3n) is 2.84. The van der Waals surface area contributed by atoms with Gasteiger partial charge >= 0.3 is 30.3 Å². The largest absolute Gasteiger partial charge is 0.622 e. The van der Waals surface area contributed by atoms with Crippen molar-refractivity contribution in [1.29, 1.82) is 0 Å². The van der Waals surface area contributed by atoms with Crippen molar-refractivity contribution in [2.45, 2.75) is 38.2 Å². The minimum absolute atomic E-state index is 0.0911. The van der Waals surface area contributed by atoms with Crippen LogP contribution in [0.1, 0.15) is 13.8 Å². The fraction of sp³-hybridized carbons (Fsp3) is 0.667. The van der Waals surface area contributed by atoms with Crippen molar-refractivity contribution in [1.82, 2.24) is 9.97 Å². The third kappa shape index (κ3) is 3.90. The monoisotopic (exact) mass is 399 g/mol. The molecule has 0 spiro atoms. The lowest BCUT2D eigenvalue weighted by atomic mass is 10.1. The van der Waals surface area contributed by atoms with E-state index < -0.39 is 47.1 Å². The average Bonchev–Trinajstić information content (AvgIpc) is 2.53. The van der Waals surface area contributed by atoms with E-state index in [9.17, 15) is 40.3 Å². The molecule has 1 aromatic heterocycles. The predicted molar refractivity (Wildman–Crippen MR) is 69.2 cm³/mol. The lowest BCUT2D eigenvalue weighted by Gasteiger charge is -2.36. The Morgan fingerprint density at radius 1 is 1.00 bits per heavy atom. The van der Waals surface area contributed by atoms with Gasteiger partial charge in [0.05, 0.1) is 19.3 Å². The van der Waals surface area contributed by atoms with Gasteiger partial charge in [0.25, 0.3) is 0 Å². The van der Waals surface area contributed by atoms with Crippen LogP contribution in [-0.4, -0.2) is 47.5 Å². The maximum atomic E-state index is 13.7. The first kappa shape index (κ1) is 22.1. The summed E-state index contributed by atoms with van der Waals surface area (Å²) in [6, 6.07) is -5.31. The molecule has 1 unspecified atom stereocenters. The average molecular weight is 399 g/mol. The number of rotatable bonds is 9. The third-order valence-corrected chi connectivity index (χ3v) is 2.84. The summed E-state index contributed by atoms with van der Waals surface area (Å²) in [5, 5.41) is 8.66. The van der Waals surface area contributed by atoms with Gasteiger partial charge in [0, 0.05) is 0 Å². The summed E-state index contributed by atoms with van der Waals surface area (Å²) in [5.74, 6) is -15.9. The molecule has 14 heteroatoms. The molecule has 1 aromatic rings. The van der Waals surface area contributed by atoms with Crippen molar-refractivity contribution in [3.8, 4) is 11.8 Å². The molecule has 6 nitrogen and oxygen atoms in total. The van der Waals surface area contributed by atoms with Gasteiger partial charge in [-0.3, -0.25) is 0 Å². The highest BCUT2D eigenvalue weighted by atomic mass is 19.4. The number of hydrogen-bond acceptors (Lipinski definition) is 5. The molecule has 0 fully saturated rings. The molecule has 0 amide bonds. The topological polar surface area (TPSA) is 71.7 Å². The van der Waals surface area contributed by atoms with E-state index in [2.05, 4.69) is 9.97 Å². The van der Waals surface area contributed by atoms with Crippen LogP contribution in [0.2, 0.25) is 0 Å². The van der Waals surface area contributed by atoms with E-state index in [1.54, 1.807) is 0 Å². The number of halogens is 8. The zero-order valence-corrected chi connectivity index (χ0v) is 13.2. The van der Waals surface area contributed by atoms with Gasteiger partial charge in [0.15, 0.2) is 0 Å². The minimum Gasteiger partial charge on any atom is -0.622 e. The molecule has 1 heterocycles. The number of ether oxygens (including phenoxy) is 2. The Bertz CT molecular complexity index is 593. The Balaban J connectivity index is 3.37. The summed E-state index contributed by atoms with van der Waals surface area (Å²) in [5.41, 5.74) is 0. The summed E-state index contributed by atoms with van der Waals surface area (Å²) >= 11 is 0. The molecule has 0 aliphatic rings. The van der Waals surface area contributed by atoms with E-state index in [0.29, 0.717) is 0 Å². The molecular formula is C12H13F8N3O3. The second-order valence-electron chi connectivity index (χ2n) is 4.64. The Kier molecular flexibility index (Phi) is 6.57. The molecule has 0 saturated carbocycles. The Labute approximate surface area is 141 Å². The first-order valence-corrected chi connectivity index (χ1v) is 6.93. The molecule has 0 aliphatic carbocycles. The molecule has 1 N–H and O–H groups in total. The number of aromatic nitrogens is 2. The van der Waals surface area contributed by atoms with Crippen LogP contribution in [0.15, 0.2) is 6.07 Å². The number of hydrogen-bond donors (Lipinski definition) is 1. The van der Waals surface area contributed by atoms with Gasteiger partial charge < -0.3 is 14.7 Å². The van der Waals surface area contributed by atoms with E-state index in [4.69, 9.17) is 9.47 Å². The number of nitrogens with zero attached hydrogens (tertiary/aromatic N) is 2. The second-order valence-corrected chi connectivity index (χ2v) is 4.64. The molecular weight excluding hydrogens is 386 g/mol. The molecule has 150 valence electrons. The highest BCUT2D eigenvalue weighted by molar-refractivity contribution is 5.26. The van der Waals surface area contributed by atoms with Crippen molar-refractivity contribution < 1.29 is 49.7 Å². The minimum atomic E-state index is -6.71. The summed E-state index contributed by atoms with van der Waals surface area (Å²) in [7, 11) is 0. The van der Waals surface area contributed by atoms with Gasteiger partial charge in [-0.15, -0.1) is 18.7 Å². The lowest BCUT2D eigenvalue weighted by Crippen LogP contribution is -3.14. The van der Waals surface area contributed by atoms with Gasteiger partial charge in [-0.1, -0.05) is 0 Å². The second kappa shape index (κ2) is 7.73. The van der Waals surface area contributed by atoms with Crippen LogP contribution in [0.5, 0.6) is 11.8 Å². The van der Waals surface area contributed by atoms with Gasteiger partial charge in [0.2, 0.25) is 11.8 Å². The molecule has 0 bridgehead atoms. The first-order chi connectivity index (χ1) is 11.8. The van der Waals surface area contributed by atoms with Crippen molar-refractivity contribution in [2.75, 3.05) is 13.2 Å². The van der Waals surface area contributed by atoms with Crippen molar-refractivity contribution >= 4 is 5.95 Å². The fourth-order valence-corrected chi connectivity index (χ4v) is 1.58. The molecule has 1 atom stereocenters. The van der Waals surface area contributed by atoms with Crippen LogP contribution in [-0.2, 0) is 0 Å². The van der Waals surface area contributed by atoms with Gasteiger partial charge in [-0.25, -0.2) is 13.8 Å². The quantitative estimate of drug-likeness (QED) is 0.392. The fourth-order valence-electron chi connectivity index (χ4n) is 1.58. The van der Waals surface area contributed by atoms with Gasteiger partial charge in [0.1, 0.15) is 0 Å². The van der Waals surface area contributed by atoms with Crippen LogP contribution >= 0.6 is 0 Å². The van der Waals surface area contributed by atoms with Crippen molar-refractivity contribution in [3.05, 3.63) is 11.3 Å². The smallest absolute Gasteiger partial charge is 0.467 e. The predicted octanol–water partition coefficient (Wildman–Crippen LogP) is 2.42. The van der Waals surface area contributed by atoms with E-state index >= 15 is 0 Å². The van der Waals surface area contributed by atoms with Crippen LogP contribution in [0.4, 0.5) is 41.1 Å². The van der Waals surface area contributed by atoms with Crippen molar-refractivity contribution in [2.24, 2.45) is 0 Å². The van der Waals surface area contributed by atoms with Crippen LogP contribution in [0.25, 0.3) is 0 Å². The number of nitrogens with one attached hydrogen (secondary N) is 1. The standard InChI is InChI=1S/C12H13F8N3O3/c1-3-25-6-5-7(26-4-2)22-9(21-6)23(24)12(19,20)11(17,18)10(15,16)8(13)14/h5,8,23H,3-4H2,1-2H3. The highest BCUT2D eigenvalue weighted by Gasteiger charge is 2.80. The number of quaternary nitrogens is 1. The lowest BCUT2D eigenvalue weighted by molar-refractivity contribution is -0.909. The molecule has 0 saturated heterocycles. The first-order valence-electron chi connectivity index (χ1n) is 6.93. The zero-order valence-electron chi connectivity index (χ0n) is 13.2. The Morgan fingerprint density at radius 3 is 1.77 bits per heavy atom. The van der Waals surface area contributed by atoms with Gasteiger partial charge in [-0.2, -0.15) is 17.6 Å². The number of hydroxylamine groups is 1. The van der Waals surface area contributed by atoms with Crippen molar-refractivity contribution in [3.63, 3.8) is 0 Å². The normalized spacial score (nSPS) is 14.5. The Hall–Kier alpha value is -1.96. The van der Waals surface area contributed by atoms with Crippen LogP contribution in [0, 0.1) is 5.21 Å². The maximum Gasteiger partial charge on any atom is 0.467 e. The van der Waals surface area contributed by atoms with E-state index in [0.717, 1.165) is 6.07 Å². The molecule has 0 radical (unpaired) electrons. The van der Waals surface area contributed by atoms with E-state index in [1.165, 1.54) is 13.8 Å². The number of alkyl halides is 8. The Morgan fingerprint density at radius 2 is 1.42 bits per heavy atom. The highest BCUT2D eigenvalue weighted by Crippen LogP contribution is 2.46. The molecule has 26 heavy (non-hydrogen) atoms. The van der Waals surface area contributed by atoms with E-state index in [1.807, 2.05) is 0 Å². The van der Waals surface area contributed by atoms with Crippen LogP contribution in [0.3, 0.4) is 0 Å². The maximum absolute atomic E-state index is 13.7. The summed E-state index contributed by atoms with van der Waals surface area (Å²) in [6.07, 6.45) is -5.15. The van der Waals surface area contributed by atoms with E-state index in [-0.39, 0.29) is 13.2 Å².